The SMILES string of the molecule is CCOc1ccccc1-c1nc(CN(CCC#N)Cc2ccccc2)co1. The molecule has 0 N–H and O–H groups in total. The Hall–Kier alpha value is -3.10. The molecule has 0 aliphatic rings. The van der Waals surface area contributed by atoms with Gasteiger partial charge in [-0.15, -0.1) is 0 Å². The lowest BCUT2D eigenvalue weighted by atomic mass is 10.2. The van der Waals surface area contributed by atoms with Crippen molar-refractivity contribution in [2.45, 2.75) is 26.4 Å². The molecular formula is C22H23N3O2. The zero-order valence-corrected chi connectivity index (χ0v) is 15.5. The van der Waals surface area contributed by atoms with Gasteiger partial charge in [-0.1, -0.05) is 42.5 Å². The first kappa shape index (κ1) is 18.7. The maximum atomic E-state index is 8.96. The van der Waals surface area contributed by atoms with Crippen LogP contribution in [0.3, 0.4) is 0 Å². The van der Waals surface area contributed by atoms with Crippen LogP contribution < -0.4 is 4.74 Å². The molecule has 0 fully saturated rings. The van der Waals surface area contributed by atoms with Crippen molar-refractivity contribution < 1.29 is 9.15 Å². The first-order valence-electron chi connectivity index (χ1n) is 9.10. The van der Waals surface area contributed by atoms with Gasteiger partial charge < -0.3 is 9.15 Å². The molecule has 0 saturated heterocycles. The van der Waals surface area contributed by atoms with Gasteiger partial charge in [0.05, 0.1) is 23.9 Å². The van der Waals surface area contributed by atoms with Crippen molar-refractivity contribution in [1.29, 1.82) is 5.26 Å². The van der Waals surface area contributed by atoms with Gasteiger partial charge in [0.25, 0.3) is 0 Å². The maximum absolute atomic E-state index is 8.96. The van der Waals surface area contributed by atoms with Gasteiger partial charge >= 0.3 is 0 Å². The van der Waals surface area contributed by atoms with Gasteiger partial charge in [0.1, 0.15) is 12.0 Å². The first-order valence-corrected chi connectivity index (χ1v) is 9.10. The quantitative estimate of drug-likeness (QED) is 0.555. The van der Waals surface area contributed by atoms with Gasteiger partial charge in [-0.25, -0.2) is 4.98 Å². The van der Waals surface area contributed by atoms with Crippen molar-refractivity contribution in [3.05, 3.63) is 72.1 Å². The largest absolute Gasteiger partial charge is 0.493 e. The Morgan fingerprint density at radius 1 is 1.07 bits per heavy atom. The molecule has 5 nitrogen and oxygen atoms in total. The van der Waals surface area contributed by atoms with Gasteiger partial charge in [-0.2, -0.15) is 5.26 Å². The maximum Gasteiger partial charge on any atom is 0.229 e. The standard InChI is InChI=1S/C22H23N3O2/c1-2-26-21-12-7-6-11-20(21)22-24-19(17-27-22)16-25(14-8-13-23)15-18-9-4-3-5-10-18/h3-7,9-12,17H,2,8,14-16H2,1H3. The zero-order valence-electron chi connectivity index (χ0n) is 15.5. The first-order chi connectivity index (χ1) is 13.3. The van der Waals surface area contributed by atoms with Crippen molar-refractivity contribution in [2.75, 3.05) is 13.2 Å². The molecule has 0 aliphatic heterocycles. The summed E-state index contributed by atoms with van der Waals surface area (Å²) in [5.74, 6) is 1.31. The molecule has 2 aromatic carbocycles. The van der Waals surface area contributed by atoms with Crippen molar-refractivity contribution in [1.82, 2.24) is 9.88 Å². The summed E-state index contributed by atoms with van der Waals surface area (Å²) in [5, 5.41) is 8.96. The second-order valence-corrected chi connectivity index (χ2v) is 6.18. The fourth-order valence-electron chi connectivity index (χ4n) is 2.92. The minimum atomic E-state index is 0.477. The van der Waals surface area contributed by atoms with Crippen LogP contribution in [0.15, 0.2) is 65.3 Å². The van der Waals surface area contributed by atoms with Crippen LogP contribution in [0.1, 0.15) is 24.6 Å². The molecule has 0 saturated carbocycles. The van der Waals surface area contributed by atoms with E-state index in [1.54, 1.807) is 6.26 Å². The van der Waals surface area contributed by atoms with E-state index in [1.165, 1.54) is 5.56 Å². The van der Waals surface area contributed by atoms with Gasteiger partial charge in [-0.3, -0.25) is 4.90 Å². The fourth-order valence-corrected chi connectivity index (χ4v) is 2.92. The highest BCUT2D eigenvalue weighted by Gasteiger charge is 2.14. The Morgan fingerprint density at radius 3 is 2.63 bits per heavy atom. The van der Waals surface area contributed by atoms with Crippen molar-refractivity contribution >= 4 is 0 Å². The number of nitrogens with zero attached hydrogens (tertiary/aromatic N) is 3. The van der Waals surface area contributed by atoms with Gasteiger partial charge in [0, 0.05) is 26.1 Å². The Labute approximate surface area is 159 Å². The molecule has 27 heavy (non-hydrogen) atoms. The monoisotopic (exact) mass is 361 g/mol. The summed E-state index contributed by atoms with van der Waals surface area (Å²) in [7, 11) is 0. The minimum Gasteiger partial charge on any atom is -0.493 e. The van der Waals surface area contributed by atoms with E-state index in [-0.39, 0.29) is 0 Å². The van der Waals surface area contributed by atoms with E-state index < -0.39 is 0 Å². The van der Waals surface area contributed by atoms with Crippen LogP contribution in [-0.4, -0.2) is 23.0 Å². The summed E-state index contributed by atoms with van der Waals surface area (Å²) in [6.07, 6.45) is 2.16. The average Bonchev–Trinajstić information content (AvgIpc) is 3.16. The lowest BCUT2D eigenvalue weighted by Gasteiger charge is -2.19. The molecular weight excluding hydrogens is 338 g/mol. The van der Waals surface area contributed by atoms with E-state index >= 15 is 0 Å². The van der Waals surface area contributed by atoms with Crippen LogP contribution >= 0.6 is 0 Å². The summed E-state index contributed by atoms with van der Waals surface area (Å²) >= 11 is 0. The number of ether oxygens (including phenoxy) is 1. The number of benzene rings is 2. The molecule has 0 bridgehead atoms. The van der Waals surface area contributed by atoms with E-state index in [0.29, 0.717) is 32.0 Å². The molecule has 138 valence electrons. The lowest BCUT2D eigenvalue weighted by molar-refractivity contribution is 0.259. The Balaban J connectivity index is 1.75. The third-order valence-corrected chi connectivity index (χ3v) is 4.14. The van der Waals surface area contributed by atoms with E-state index in [9.17, 15) is 0 Å². The van der Waals surface area contributed by atoms with Crippen LogP contribution in [-0.2, 0) is 13.1 Å². The van der Waals surface area contributed by atoms with Crippen LogP contribution in [0.25, 0.3) is 11.5 Å². The molecule has 1 heterocycles. The molecule has 3 rings (SSSR count). The van der Waals surface area contributed by atoms with Crippen LogP contribution in [0.2, 0.25) is 0 Å². The molecule has 1 aromatic heterocycles. The Morgan fingerprint density at radius 2 is 1.85 bits per heavy atom. The predicted molar refractivity (Wildman–Crippen MR) is 104 cm³/mol. The van der Waals surface area contributed by atoms with Gasteiger partial charge in [-0.05, 0) is 24.6 Å². The minimum absolute atomic E-state index is 0.477. The highest BCUT2D eigenvalue weighted by molar-refractivity contribution is 5.62. The van der Waals surface area contributed by atoms with E-state index in [4.69, 9.17) is 14.4 Å². The normalized spacial score (nSPS) is 10.7. The second kappa shape index (κ2) is 9.56. The van der Waals surface area contributed by atoms with Crippen LogP contribution in [0.5, 0.6) is 5.75 Å². The Bertz CT molecular complexity index is 884. The zero-order chi connectivity index (χ0) is 18.9. The van der Waals surface area contributed by atoms with Crippen molar-refractivity contribution in [2.24, 2.45) is 0 Å². The second-order valence-electron chi connectivity index (χ2n) is 6.18. The summed E-state index contributed by atoms with van der Waals surface area (Å²) < 4.78 is 11.4. The summed E-state index contributed by atoms with van der Waals surface area (Å²) in [5.41, 5.74) is 2.89. The van der Waals surface area contributed by atoms with Crippen LogP contribution in [0.4, 0.5) is 0 Å². The van der Waals surface area contributed by atoms with Crippen molar-refractivity contribution in [3.63, 3.8) is 0 Å². The van der Waals surface area contributed by atoms with Crippen LogP contribution in [0, 0.1) is 11.3 Å². The molecule has 5 heteroatoms. The number of para-hydroxylation sites is 1. The highest BCUT2D eigenvalue weighted by Crippen LogP contribution is 2.29. The fraction of sp³-hybridized carbons (Fsp3) is 0.273. The number of aromatic nitrogens is 1. The number of rotatable bonds is 9. The molecule has 0 amide bonds. The number of hydrogen-bond acceptors (Lipinski definition) is 5. The molecule has 0 atom stereocenters. The number of oxazole rings is 1. The smallest absolute Gasteiger partial charge is 0.229 e. The molecule has 3 aromatic rings. The number of hydrogen-bond donors (Lipinski definition) is 0. The molecule has 0 spiro atoms. The van der Waals surface area contributed by atoms with Crippen molar-refractivity contribution in [3.8, 4) is 23.3 Å². The predicted octanol–water partition coefficient (Wildman–Crippen LogP) is 4.66. The van der Waals surface area contributed by atoms with Gasteiger partial charge in [0.15, 0.2) is 0 Å². The third kappa shape index (κ3) is 5.19. The number of nitriles is 1. The summed E-state index contributed by atoms with van der Waals surface area (Å²) in [4.78, 5) is 6.84. The lowest BCUT2D eigenvalue weighted by Crippen LogP contribution is -2.24. The Kier molecular flexibility index (Phi) is 6.61. The van der Waals surface area contributed by atoms with Gasteiger partial charge in [0.2, 0.25) is 5.89 Å². The molecule has 0 unspecified atom stereocenters. The highest BCUT2D eigenvalue weighted by atomic mass is 16.5. The summed E-state index contributed by atoms with van der Waals surface area (Å²) in [6, 6.07) is 20.2. The summed E-state index contributed by atoms with van der Waals surface area (Å²) in [6.45, 7) is 4.61. The van der Waals surface area contributed by atoms with E-state index in [0.717, 1.165) is 23.6 Å². The molecule has 0 aliphatic carbocycles. The average molecular weight is 361 g/mol. The topological polar surface area (TPSA) is 62.3 Å². The van der Waals surface area contributed by atoms with E-state index in [1.807, 2.05) is 49.4 Å². The third-order valence-electron chi connectivity index (χ3n) is 4.14. The molecule has 0 radical (unpaired) electrons. The van der Waals surface area contributed by atoms with E-state index in [2.05, 4.69) is 28.1 Å².